The summed E-state index contributed by atoms with van der Waals surface area (Å²) in [6.45, 7) is 1.90. The molecule has 0 radical (unpaired) electrons. The number of halogens is 5. The second-order valence-corrected chi connectivity index (χ2v) is 7.53. The zero-order chi connectivity index (χ0) is 23.0. The first-order chi connectivity index (χ1) is 14.5. The van der Waals surface area contributed by atoms with E-state index in [-0.39, 0.29) is 12.2 Å². The minimum atomic E-state index is -4.82. The predicted octanol–water partition coefficient (Wildman–Crippen LogP) is 5.16. The molecule has 0 amide bonds. The lowest BCUT2D eigenvalue weighted by Crippen LogP contribution is -2.47. The van der Waals surface area contributed by atoms with Gasteiger partial charge in [-0.25, -0.2) is 9.18 Å². The fraction of sp³-hybridized carbons (Fsp3) is 0.409. The highest BCUT2D eigenvalue weighted by Crippen LogP contribution is 2.55. The molecule has 3 rings (SSSR count). The number of carbonyl (C=O) groups excluding carboxylic acids is 1. The first-order valence-corrected chi connectivity index (χ1v) is 9.48. The zero-order valence-electron chi connectivity index (χ0n) is 17.0. The van der Waals surface area contributed by atoms with Gasteiger partial charge in [-0.05, 0) is 18.6 Å². The summed E-state index contributed by atoms with van der Waals surface area (Å²) in [6, 6.07) is 10.5. The van der Waals surface area contributed by atoms with E-state index in [9.17, 15) is 26.7 Å². The molecule has 2 aromatic rings. The lowest BCUT2D eigenvalue weighted by Gasteiger charge is -2.32. The van der Waals surface area contributed by atoms with Gasteiger partial charge < -0.3 is 14.2 Å². The molecule has 4 unspecified atom stereocenters. The third-order valence-corrected chi connectivity index (χ3v) is 5.77. The van der Waals surface area contributed by atoms with E-state index in [1.807, 2.05) is 0 Å². The molecule has 1 fully saturated rings. The Morgan fingerprint density at radius 3 is 2.35 bits per heavy atom. The van der Waals surface area contributed by atoms with E-state index in [1.54, 1.807) is 30.3 Å². The van der Waals surface area contributed by atoms with Crippen molar-refractivity contribution in [2.45, 2.75) is 44.3 Å². The van der Waals surface area contributed by atoms with Gasteiger partial charge in [-0.1, -0.05) is 43.3 Å². The number of esters is 1. The average Bonchev–Trinajstić information content (AvgIpc) is 3.01. The first-order valence-electron chi connectivity index (χ1n) is 9.48. The molecule has 0 bridgehead atoms. The fourth-order valence-corrected chi connectivity index (χ4v) is 3.80. The summed E-state index contributed by atoms with van der Waals surface area (Å²) in [5, 5.41) is 0. The molecule has 1 heterocycles. The third-order valence-electron chi connectivity index (χ3n) is 5.77. The smallest absolute Gasteiger partial charge is 0.417 e. The van der Waals surface area contributed by atoms with Gasteiger partial charge in [0.25, 0.3) is 0 Å². The highest BCUT2D eigenvalue weighted by molar-refractivity contribution is 5.77. The van der Waals surface area contributed by atoms with Crippen LogP contribution >= 0.6 is 0 Å². The van der Waals surface area contributed by atoms with Crippen molar-refractivity contribution in [2.75, 3.05) is 7.11 Å². The topological polar surface area (TPSA) is 44.8 Å². The van der Waals surface area contributed by atoms with Crippen LogP contribution in [0.3, 0.4) is 0 Å². The van der Waals surface area contributed by atoms with E-state index in [0.717, 1.165) is 26.2 Å². The SMILES string of the molecule is COC(=O)C1OC(C)(C(F)(F)F)C(C)C1c1ccc(F)c(F)c1OCc1ccccc1. The van der Waals surface area contributed by atoms with Crippen LogP contribution in [0.5, 0.6) is 5.75 Å². The summed E-state index contributed by atoms with van der Waals surface area (Å²) >= 11 is 0. The molecule has 0 aliphatic carbocycles. The van der Waals surface area contributed by atoms with Gasteiger partial charge in [0.2, 0.25) is 5.82 Å². The van der Waals surface area contributed by atoms with Crippen LogP contribution in [0.25, 0.3) is 0 Å². The van der Waals surface area contributed by atoms with Crippen LogP contribution in [0.2, 0.25) is 0 Å². The van der Waals surface area contributed by atoms with Crippen LogP contribution in [-0.2, 0) is 20.9 Å². The zero-order valence-corrected chi connectivity index (χ0v) is 17.0. The molecule has 1 saturated heterocycles. The average molecular weight is 444 g/mol. The molecule has 0 aromatic heterocycles. The monoisotopic (exact) mass is 444 g/mol. The van der Waals surface area contributed by atoms with E-state index < -0.39 is 53.1 Å². The molecule has 1 aliphatic rings. The standard InChI is InChI=1S/C22H21F5O4/c1-12-16(19(20(28)29-3)31-21(12,2)22(25,26)27)14-9-10-15(23)17(24)18(14)30-11-13-7-5-4-6-8-13/h4-10,12,16,19H,11H2,1-3H3. The van der Waals surface area contributed by atoms with Crippen molar-refractivity contribution in [3.05, 3.63) is 65.2 Å². The molecule has 168 valence electrons. The van der Waals surface area contributed by atoms with Gasteiger partial charge in [-0.3, -0.25) is 0 Å². The van der Waals surface area contributed by atoms with Crippen LogP contribution < -0.4 is 4.74 Å². The molecule has 9 heteroatoms. The van der Waals surface area contributed by atoms with Crippen molar-refractivity contribution in [2.24, 2.45) is 5.92 Å². The van der Waals surface area contributed by atoms with Crippen molar-refractivity contribution in [3.8, 4) is 5.75 Å². The quantitative estimate of drug-likeness (QED) is 0.472. The van der Waals surface area contributed by atoms with Gasteiger partial charge in [-0.15, -0.1) is 0 Å². The van der Waals surface area contributed by atoms with Crippen molar-refractivity contribution in [1.82, 2.24) is 0 Å². The van der Waals surface area contributed by atoms with Gasteiger partial charge in [0.15, 0.2) is 23.3 Å². The highest BCUT2D eigenvalue weighted by Gasteiger charge is 2.66. The minimum Gasteiger partial charge on any atom is -0.485 e. The Labute approximate surface area is 175 Å². The Kier molecular flexibility index (Phi) is 6.27. The predicted molar refractivity (Wildman–Crippen MR) is 100 cm³/mol. The van der Waals surface area contributed by atoms with Crippen LogP contribution in [0.1, 0.15) is 30.9 Å². The van der Waals surface area contributed by atoms with Crippen molar-refractivity contribution in [1.29, 1.82) is 0 Å². The normalized spacial score (nSPS) is 26.0. The number of ether oxygens (including phenoxy) is 3. The summed E-state index contributed by atoms with van der Waals surface area (Å²) in [7, 11) is 1.01. The molecule has 4 atom stereocenters. The number of carbonyl (C=O) groups is 1. The number of benzene rings is 2. The second-order valence-electron chi connectivity index (χ2n) is 7.53. The van der Waals surface area contributed by atoms with E-state index >= 15 is 0 Å². The molecular weight excluding hydrogens is 423 g/mol. The summed E-state index contributed by atoms with van der Waals surface area (Å²) in [6.07, 6.45) is -6.51. The lowest BCUT2D eigenvalue weighted by molar-refractivity contribution is -0.274. The fourth-order valence-electron chi connectivity index (χ4n) is 3.80. The highest BCUT2D eigenvalue weighted by atomic mass is 19.4. The third kappa shape index (κ3) is 4.11. The lowest BCUT2D eigenvalue weighted by atomic mass is 9.77. The molecule has 0 saturated carbocycles. The Bertz CT molecular complexity index is 947. The van der Waals surface area contributed by atoms with Crippen LogP contribution in [-0.4, -0.2) is 31.0 Å². The molecule has 2 aromatic carbocycles. The van der Waals surface area contributed by atoms with E-state index in [0.29, 0.717) is 5.56 Å². The Morgan fingerprint density at radius 2 is 1.77 bits per heavy atom. The summed E-state index contributed by atoms with van der Waals surface area (Å²) in [5.74, 6) is -6.83. The molecule has 31 heavy (non-hydrogen) atoms. The van der Waals surface area contributed by atoms with Gasteiger partial charge >= 0.3 is 12.1 Å². The van der Waals surface area contributed by atoms with Gasteiger partial charge in [0.05, 0.1) is 7.11 Å². The number of alkyl halides is 3. The maximum Gasteiger partial charge on any atom is 0.417 e. The number of hydrogen-bond acceptors (Lipinski definition) is 4. The Morgan fingerprint density at radius 1 is 1.13 bits per heavy atom. The van der Waals surface area contributed by atoms with Crippen LogP contribution in [0, 0.1) is 17.6 Å². The molecule has 0 N–H and O–H groups in total. The van der Waals surface area contributed by atoms with Crippen LogP contribution in [0.15, 0.2) is 42.5 Å². The van der Waals surface area contributed by atoms with E-state index in [2.05, 4.69) is 4.74 Å². The summed E-state index contributed by atoms with van der Waals surface area (Å²) < 4.78 is 85.4. The first kappa shape index (κ1) is 23.0. The molecule has 1 aliphatic heterocycles. The Hall–Kier alpha value is -2.68. The van der Waals surface area contributed by atoms with Gasteiger partial charge in [-0.2, -0.15) is 17.6 Å². The largest absolute Gasteiger partial charge is 0.485 e. The van der Waals surface area contributed by atoms with Crippen molar-refractivity contribution < 1.29 is 41.0 Å². The number of rotatable bonds is 5. The van der Waals surface area contributed by atoms with Gasteiger partial charge in [0, 0.05) is 17.4 Å². The Balaban J connectivity index is 2.08. The summed E-state index contributed by atoms with van der Waals surface area (Å²) in [4.78, 5) is 12.3. The molecule has 4 nitrogen and oxygen atoms in total. The van der Waals surface area contributed by atoms with E-state index in [1.165, 1.54) is 6.92 Å². The van der Waals surface area contributed by atoms with E-state index in [4.69, 9.17) is 9.47 Å². The van der Waals surface area contributed by atoms with Gasteiger partial charge in [0.1, 0.15) is 6.61 Å². The van der Waals surface area contributed by atoms with Crippen molar-refractivity contribution in [3.63, 3.8) is 0 Å². The number of hydrogen-bond donors (Lipinski definition) is 0. The molecular formula is C22H21F5O4. The maximum absolute atomic E-state index is 14.7. The number of methoxy groups -OCH3 is 1. The maximum atomic E-state index is 14.7. The minimum absolute atomic E-state index is 0.106. The molecule has 0 spiro atoms. The van der Waals surface area contributed by atoms with Crippen molar-refractivity contribution >= 4 is 5.97 Å². The second kappa shape index (κ2) is 8.45. The summed E-state index contributed by atoms with van der Waals surface area (Å²) in [5.41, 5.74) is -2.18. The van der Waals surface area contributed by atoms with Crippen LogP contribution in [0.4, 0.5) is 22.0 Å².